The summed E-state index contributed by atoms with van der Waals surface area (Å²) in [4.78, 5) is 12.9. The van der Waals surface area contributed by atoms with Crippen LogP contribution < -0.4 is 0 Å². The number of thioether (sulfide) groups is 1. The Morgan fingerprint density at radius 2 is 1.83 bits per heavy atom. The average Bonchev–Trinajstić information content (AvgIpc) is 2.56. The maximum atomic E-state index is 12.9. The molecule has 1 N–H and O–H groups in total. The fraction of sp³-hybridized carbons (Fsp3) is 0.571. The molecular formula is C21H28O2S. The molecule has 0 saturated carbocycles. The van der Waals surface area contributed by atoms with Gasteiger partial charge in [-0.2, -0.15) is 11.8 Å². The zero-order chi connectivity index (χ0) is 17.3. The van der Waals surface area contributed by atoms with E-state index in [0.29, 0.717) is 36.0 Å². The zero-order valence-corrected chi connectivity index (χ0v) is 15.8. The third-order valence-corrected chi connectivity index (χ3v) is 6.64. The standard InChI is InChI=1S/C21H28O2S/c1-4-15-10-13(2)9-14(3)20(15)21-18(22)11-17(12-19(21)23)16-5-7-24-8-6-16/h9-10,16-17,22H,4-8,11-12H2,1-3H3. The summed E-state index contributed by atoms with van der Waals surface area (Å²) in [7, 11) is 0. The molecule has 0 amide bonds. The van der Waals surface area contributed by atoms with Gasteiger partial charge >= 0.3 is 0 Å². The molecule has 0 aromatic heterocycles. The van der Waals surface area contributed by atoms with E-state index < -0.39 is 0 Å². The number of Topliss-reactive ketones (excluding diaryl/α,β-unsaturated/α-hetero) is 1. The van der Waals surface area contributed by atoms with Crippen LogP contribution in [-0.2, 0) is 11.2 Å². The van der Waals surface area contributed by atoms with Gasteiger partial charge in [-0.3, -0.25) is 4.79 Å². The van der Waals surface area contributed by atoms with Crippen LogP contribution in [0.3, 0.4) is 0 Å². The van der Waals surface area contributed by atoms with Gasteiger partial charge in [-0.25, -0.2) is 0 Å². The number of benzene rings is 1. The second kappa shape index (κ2) is 7.35. The molecule has 2 nitrogen and oxygen atoms in total. The first-order valence-corrected chi connectivity index (χ1v) is 10.3. The highest BCUT2D eigenvalue weighted by Crippen LogP contribution is 2.41. The molecule has 1 heterocycles. The van der Waals surface area contributed by atoms with Crippen molar-refractivity contribution in [3.8, 4) is 0 Å². The minimum Gasteiger partial charge on any atom is -0.512 e. The van der Waals surface area contributed by atoms with Crippen LogP contribution in [0.1, 0.15) is 54.9 Å². The maximum absolute atomic E-state index is 12.9. The normalized spacial score (nSPS) is 23.0. The molecule has 0 radical (unpaired) electrons. The minimum atomic E-state index is 0.142. The van der Waals surface area contributed by atoms with Gasteiger partial charge in [-0.15, -0.1) is 0 Å². The van der Waals surface area contributed by atoms with Crippen molar-refractivity contribution in [2.45, 2.75) is 52.9 Å². The lowest BCUT2D eigenvalue weighted by Gasteiger charge is -2.33. The summed E-state index contributed by atoms with van der Waals surface area (Å²) in [6.07, 6.45) is 4.53. The number of carbonyl (C=O) groups is 1. The summed E-state index contributed by atoms with van der Waals surface area (Å²) in [5, 5.41) is 10.8. The van der Waals surface area contributed by atoms with Crippen molar-refractivity contribution in [1.82, 2.24) is 0 Å². The van der Waals surface area contributed by atoms with E-state index in [1.165, 1.54) is 35.5 Å². The van der Waals surface area contributed by atoms with Crippen LogP contribution in [-0.4, -0.2) is 22.4 Å². The first kappa shape index (κ1) is 17.6. The highest BCUT2D eigenvalue weighted by Gasteiger charge is 2.34. The first-order valence-electron chi connectivity index (χ1n) is 9.14. The minimum absolute atomic E-state index is 0.142. The predicted octanol–water partition coefficient (Wildman–Crippen LogP) is 5.26. The largest absolute Gasteiger partial charge is 0.512 e. The zero-order valence-electron chi connectivity index (χ0n) is 15.0. The van der Waals surface area contributed by atoms with Gasteiger partial charge in [0, 0.05) is 12.8 Å². The number of aryl methyl sites for hydroxylation is 3. The van der Waals surface area contributed by atoms with Crippen molar-refractivity contribution in [2.24, 2.45) is 11.8 Å². The molecule has 3 heteroatoms. The van der Waals surface area contributed by atoms with Crippen LogP contribution in [0.15, 0.2) is 17.9 Å². The van der Waals surface area contributed by atoms with Crippen molar-refractivity contribution in [3.63, 3.8) is 0 Å². The third kappa shape index (κ3) is 3.42. The first-order chi connectivity index (χ1) is 11.5. The van der Waals surface area contributed by atoms with E-state index in [-0.39, 0.29) is 5.78 Å². The Morgan fingerprint density at radius 1 is 1.12 bits per heavy atom. The number of carbonyl (C=O) groups excluding carboxylic acids is 1. The average molecular weight is 345 g/mol. The summed E-state index contributed by atoms with van der Waals surface area (Å²) in [6.45, 7) is 6.26. The third-order valence-electron chi connectivity index (χ3n) is 5.60. The number of hydrogen-bond acceptors (Lipinski definition) is 3. The quantitative estimate of drug-likeness (QED) is 0.813. The van der Waals surface area contributed by atoms with Gasteiger partial charge in [-0.1, -0.05) is 24.6 Å². The van der Waals surface area contributed by atoms with Crippen LogP contribution in [0, 0.1) is 25.7 Å². The lowest BCUT2D eigenvalue weighted by molar-refractivity contribution is -0.115. The summed E-state index contributed by atoms with van der Waals surface area (Å²) < 4.78 is 0. The van der Waals surface area contributed by atoms with Crippen LogP contribution >= 0.6 is 11.8 Å². The molecule has 1 saturated heterocycles. The summed E-state index contributed by atoms with van der Waals surface area (Å²) in [5.41, 5.74) is 5.09. The van der Waals surface area contributed by atoms with E-state index in [1.54, 1.807) is 0 Å². The Balaban J connectivity index is 1.95. The number of rotatable bonds is 3. The molecule has 130 valence electrons. The topological polar surface area (TPSA) is 37.3 Å². The number of hydrogen-bond donors (Lipinski definition) is 1. The van der Waals surface area contributed by atoms with E-state index in [1.807, 2.05) is 11.8 Å². The van der Waals surface area contributed by atoms with E-state index in [4.69, 9.17) is 0 Å². The van der Waals surface area contributed by atoms with Crippen LogP contribution in [0.25, 0.3) is 5.57 Å². The van der Waals surface area contributed by atoms with Gasteiger partial charge in [-0.05, 0) is 73.1 Å². The van der Waals surface area contributed by atoms with Crippen molar-refractivity contribution in [2.75, 3.05) is 11.5 Å². The Bertz CT molecular complexity index is 669. The molecule has 2 aliphatic rings. The van der Waals surface area contributed by atoms with Gasteiger partial charge in [0.25, 0.3) is 0 Å². The highest BCUT2D eigenvalue weighted by molar-refractivity contribution is 7.99. The fourth-order valence-electron chi connectivity index (χ4n) is 4.42. The monoisotopic (exact) mass is 344 g/mol. The van der Waals surface area contributed by atoms with Gasteiger partial charge in [0.2, 0.25) is 0 Å². The molecule has 1 fully saturated rings. The van der Waals surface area contributed by atoms with E-state index in [9.17, 15) is 9.90 Å². The Hall–Kier alpha value is -1.22. The molecule has 1 unspecified atom stereocenters. The van der Waals surface area contributed by atoms with Crippen LogP contribution in [0.4, 0.5) is 0 Å². The van der Waals surface area contributed by atoms with Crippen LogP contribution in [0.2, 0.25) is 0 Å². The summed E-state index contributed by atoms with van der Waals surface area (Å²) in [5.74, 6) is 3.80. The smallest absolute Gasteiger partial charge is 0.167 e. The lowest BCUT2D eigenvalue weighted by atomic mass is 9.74. The van der Waals surface area contributed by atoms with Crippen molar-refractivity contribution in [1.29, 1.82) is 0 Å². The SMILES string of the molecule is CCc1cc(C)cc(C)c1C1=C(O)CC(C2CCSCC2)CC1=O. The highest BCUT2D eigenvalue weighted by atomic mass is 32.2. The molecule has 3 rings (SSSR count). The fourth-order valence-corrected chi connectivity index (χ4v) is 5.56. The lowest BCUT2D eigenvalue weighted by Crippen LogP contribution is -2.28. The summed E-state index contributed by atoms with van der Waals surface area (Å²) in [6, 6.07) is 4.27. The number of aliphatic hydroxyl groups excluding tert-OH is 1. The second-order valence-corrected chi connectivity index (χ2v) is 8.56. The van der Waals surface area contributed by atoms with E-state index in [2.05, 4.69) is 32.9 Å². The number of aliphatic hydroxyl groups is 1. The number of allylic oxidation sites excluding steroid dienone is 2. The van der Waals surface area contributed by atoms with Gasteiger partial charge < -0.3 is 5.11 Å². The van der Waals surface area contributed by atoms with E-state index in [0.717, 1.165) is 17.5 Å². The molecule has 0 bridgehead atoms. The van der Waals surface area contributed by atoms with Crippen molar-refractivity contribution >= 4 is 23.1 Å². The molecule has 1 aromatic carbocycles. The molecule has 1 atom stereocenters. The van der Waals surface area contributed by atoms with Gasteiger partial charge in [0.15, 0.2) is 5.78 Å². The maximum Gasteiger partial charge on any atom is 0.167 e. The molecule has 0 spiro atoms. The Labute approximate surface area is 149 Å². The van der Waals surface area contributed by atoms with E-state index >= 15 is 0 Å². The molecule has 1 aromatic rings. The molecule has 24 heavy (non-hydrogen) atoms. The van der Waals surface area contributed by atoms with Crippen molar-refractivity contribution < 1.29 is 9.90 Å². The molecular weight excluding hydrogens is 316 g/mol. The van der Waals surface area contributed by atoms with Crippen molar-refractivity contribution in [3.05, 3.63) is 40.1 Å². The van der Waals surface area contributed by atoms with Gasteiger partial charge in [0.1, 0.15) is 5.76 Å². The molecule has 1 aliphatic carbocycles. The predicted molar refractivity (Wildman–Crippen MR) is 103 cm³/mol. The number of ketones is 1. The second-order valence-electron chi connectivity index (χ2n) is 7.33. The summed E-state index contributed by atoms with van der Waals surface area (Å²) >= 11 is 2.01. The van der Waals surface area contributed by atoms with Crippen LogP contribution in [0.5, 0.6) is 0 Å². The van der Waals surface area contributed by atoms with Gasteiger partial charge in [0.05, 0.1) is 5.57 Å². The Morgan fingerprint density at radius 3 is 2.46 bits per heavy atom. The molecule has 1 aliphatic heterocycles. The Kier molecular flexibility index (Phi) is 5.39.